The van der Waals surface area contributed by atoms with Gasteiger partial charge in [0.15, 0.2) is 5.78 Å². The van der Waals surface area contributed by atoms with E-state index in [0.29, 0.717) is 20.4 Å². The summed E-state index contributed by atoms with van der Waals surface area (Å²) in [4.78, 5) is 15.4. The minimum absolute atomic E-state index is 0.156. The standard InChI is InChI=1S/C14H16BrClN2O5/c15-6-1-2-7-9(10(6)16)5(3-18-7)12(21)11(17)14(23)13(22)8(20)4-19/h1-3,8,11,13-14,18-20,22-23H,4,17H2/t8-,11+,13-,14-/m1/s1. The van der Waals surface area contributed by atoms with Crippen molar-refractivity contribution in [2.75, 3.05) is 6.61 Å². The molecule has 0 radical (unpaired) electrons. The summed E-state index contributed by atoms with van der Waals surface area (Å²) in [5, 5.41) is 38.5. The second kappa shape index (κ2) is 7.27. The Bertz CT molecular complexity index is 723. The number of Topliss-reactive ketones (excluding diaryl/α,β-unsaturated/α-hetero) is 1. The number of carbonyl (C=O) groups is 1. The number of aliphatic hydroxyl groups is 4. The van der Waals surface area contributed by atoms with Crippen LogP contribution in [0.15, 0.2) is 22.8 Å². The first-order valence-corrected chi connectivity index (χ1v) is 7.86. The number of fused-ring (bicyclic) bond motifs is 1. The first-order chi connectivity index (χ1) is 10.8. The van der Waals surface area contributed by atoms with Gasteiger partial charge in [-0.2, -0.15) is 0 Å². The molecule has 0 aliphatic heterocycles. The SMILES string of the molecule is N[C@@H](C(=O)c1c[nH]c2ccc(Br)c(Cl)c12)[C@@H](O)[C@H](O)[C@H](O)CO. The number of benzene rings is 1. The highest BCUT2D eigenvalue weighted by Crippen LogP contribution is 2.33. The van der Waals surface area contributed by atoms with Crippen molar-refractivity contribution in [3.05, 3.63) is 33.4 Å². The molecule has 0 saturated carbocycles. The molecule has 126 valence electrons. The molecule has 0 spiro atoms. The fourth-order valence-electron chi connectivity index (χ4n) is 2.23. The monoisotopic (exact) mass is 406 g/mol. The largest absolute Gasteiger partial charge is 0.394 e. The summed E-state index contributed by atoms with van der Waals surface area (Å²) in [5.41, 5.74) is 6.47. The van der Waals surface area contributed by atoms with E-state index in [1.807, 2.05) is 0 Å². The summed E-state index contributed by atoms with van der Waals surface area (Å²) in [6.45, 7) is -0.773. The number of aromatic amines is 1. The van der Waals surface area contributed by atoms with Crippen LogP contribution in [0.4, 0.5) is 0 Å². The van der Waals surface area contributed by atoms with Crippen LogP contribution in [-0.2, 0) is 0 Å². The minimum atomic E-state index is -1.76. The number of aromatic nitrogens is 1. The summed E-state index contributed by atoms with van der Waals surface area (Å²) >= 11 is 9.45. The van der Waals surface area contributed by atoms with Crippen LogP contribution in [0.1, 0.15) is 10.4 Å². The van der Waals surface area contributed by atoms with E-state index in [9.17, 15) is 20.1 Å². The zero-order valence-electron chi connectivity index (χ0n) is 11.8. The molecule has 9 heteroatoms. The van der Waals surface area contributed by atoms with Gasteiger partial charge in [-0.15, -0.1) is 0 Å². The number of H-pyrrole nitrogens is 1. The van der Waals surface area contributed by atoms with Crippen molar-refractivity contribution in [1.29, 1.82) is 0 Å². The Morgan fingerprint density at radius 3 is 2.57 bits per heavy atom. The minimum Gasteiger partial charge on any atom is -0.394 e. The molecule has 7 N–H and O–H groups in total. The third-order valence-corrected chi connectivity index (χ3v) is 4.89. The molecule has 0 aliphatic carbocycles. The lowest BCUT2D eigenvalue weighted by atomic mass is 9.95. The van der Waals surface area contributed by atoms with Gasteiger partial charge in [0.2, 0.25) is 0 Å². The van der Waals surface area contributed by atoms with Crippen molar-refractivity contribution in [3.63, 3.8) is 0 Å². The average molecular weight is 408 g/mol. The maximum atomic E-state index is 12.5. The second-order valence-corrected chi connectivity index (χ2v) is 6.34. The van der Waals surface area contributed by atoms with Gasteiger partial charge in [-0.3, -0.25) is 4.79 Å². The number of ketones is 1. The highest BCUT2D eigenvalue weighted by atomic mass is 79.9. The van der Waals surface area contributed by atoms with Crippen molar-refractivity contribution < 1.29 is 25.2 Å². The number of carbonyl (C=O) groups excluding carboxylic acids is 1. The van der Waals surface area contributed by atoms with E-state index in [4.69, 9.17) is 22.4 Å². The zero-order chi connectivity index (χ0) is 17.3. The summed E-state index contributed by atoms with van der Waals surface area (Å²) in [7, 11) is 0. The Kier molecular flexibility index (Phi) is 5.79. The highest BCUT2D eigenvalue weighted by Gasteiger charge is 2.34. The number of rotatable bonds is 6. The van der Waals surface area contributed by atoms with Crippen LogP contribution >= 0.6 is 27.5 Å². The van der Waals surface area contributed by atoms with E-state index in [-0.39, 0.29) is 5.56 Å². The van der Waals surface area contributed by atoms with E-state index in [0.717, 1.165) is 0 Å². The number of hydrogen-bond donors (Lipinski definition) is 6. The quantitative estimate of drug-likeness (QED) is 0.377. The molecule has 0 saturated heterocycles. The summed E-state index contributed by atoms with van der Waals surface area (Å²) in [6.07, 6.45) is -3.70. The predicted molar refractivity (Wildman–Crippen MR) is 88.4 cm³/mol. The van der Waals surface area contributed by atoms with Crippen LogP contribution in [0.2, 0.25) is 5.02 Å². The Hall–Kier alpha value is -1.00. The van der Waals surface area contributed by atoms with Crippen LogP contribution < -0.4 is 5.73 Å². The summed E-state index contributed by atoms with van der Waals surface area (Å²) in [6, 6.07) is 1.93. The molecule has 2 rings (SSSR count). The highest BCUT2D eigenvalue weighted by molar-refractivity contribution is 9.10. The summed E-state index contributed by atoms with van der Waals surface area (Å²) in [5.74, 6) is -0.659. The number of aliphatic hydroxyl groups excluding tert-OH is 4. The van der Waals surface area contributed by atoms with Gasteiger partial charge in [0.05, 0.1) is 17.7 Å². The maximum Gasteiger partial charge on any atom is 0.184 e. The smallest absolute Gasteiger partial charge is 0.184 e. The Morgan fingerprint density at radius 1 is 1.30 bits per heavy atom. The lowest BCUT2D eigenvalue weighted by Crippen LogP contribution is -2.52. The van der Waals surface area contributed by atoms with Crippen LogP contribution in [0.3, 0.4) is 0 Å². The van der Waals surface area contributed by atoms with Crippen LogP contribution in [-0.4, -0.2) is 62.2 Å². The van der Waals surface area contributed by atoms with E-state index in [1.54, 1.807) is 12.1 Å². The molecule has 2 aromatic rings. The van der Waals surface area contributed by atoms with Crippen LogP contribution in [0.5, 0.6) is 0 Å². The van der Waals surface area contributed by atoms with Gasteiger partial charge in [0.25, 0.3) is 0 Å². The van der Waals surface area contributed by atoms with Gasteiger partial charge in [-0.25, -0.2) is 0 Å². The van der Waals surface area contributed by atoms with Crippen molar-refractivity contribution in [3.8, 4) is 0 Å². The van der Waals surface area contributed by atoms with Crippen LogP contribution in [0, 0.1) is 0 Å². The summed E-state index contributed by atoms with van der Waals surface area (Å²) < 4.78 is 0.588. The molecule has 0 amide bonds. The van der Waals surface area contributed by atoms with Gasteiger partial charge >= 0.3 is 0 Å². The van der Waals surface area contributed by atoms with Crippen molar-refractivity contribution in [2.24, 2.45) is 5.73 Å². The molecule has 0 aliphatic rings. The normalized spacial score (nSPS) is 17.0. The Balaban J connectivity index is 2.35. The first kappa shape index (κ1) is 18.3. The average Bonchev–Trinajstić information content (AvgIpc) is 2.99. The molecular formula is C14H16BrClN2O5. The Morgan fingerprint density at radius 2 is 1.96 bits per heavy atom. The number of halogens is 2. The van der Waals surface area contributed by atoms with Gasteiger partial charge in [0, 0.05) is 27.1 Å². The van der Waals surface area contributed by atoms with Gasteiger partial charge < -0.3 is 31.1 Å². The van der Waals surface area contributed by atoms with E-state index in [2.05, 4.69) is 20.9 Å². The molecule has 0 fully saturated rings. The van der Waals surface area contributed by atoms with Crippen molar-refractivity contribution >= 4 is 44.2 Å². The maximum absolute atomic E-state index is 12.5. The Labute approximate surface area is 144 Å². The van der Waals surface area contributed by atoms with Gasteiger partial charge in [-0.05, 0) is 28.1 Å². The molecule has 7 nitrogen and oxygen atoms in total. The molecule has 23 heavy (non-hydrogen) atoms. The molecule has 0 unspecified atom stereocenters. The third-order valence-electron chi connectivity index (χ3n) is 3.60. The third kappa shape index (κ3) is 3.43. The second-order valence-electron chi connectivity index (χ2n) is 5.11. The molecule has 4 atom stereocenters. The van der Waals surface area contributed by atoms with Gasteiger partial charge in [0.1, 0.15) is 18.3 Å². The van der Waals surface area contributed by atoms with E-state index >= 15 is 0 Å². The fraction of sp³-hybridized carbons (Fsp3) is 0.357. The number of nitrogens with one attached hydrogen (secondary N) is 1. The zero-order valence-corrected chi connectivity index (χ0v) is 14.1. The fourth-order valence-corrected chi connectivity index (χ4v) is 2.83. The van der Waals surface area contributed by atoms with Crippen molar-refractivity contribution in [1.82, 2.24) is 4.98 Å². The topological polar surface area (TPSA) is 140 Å². The van der Waals surface area contributed by atoms with E-state index < -0.39 is 36.7 Å². The van der Waals surface area contributed by atoms with Crippen molar-refractivity contribution in [2.45, 2.75) is 24.4 Å². The molecule has 1 heterocycles. The number of nitrogens with two attached hydrogens (primary N) is 1. The predicted octanol–water partition coefficient (Wildman–Crippen LogP) is 0.169. The lowest BCUT2D eigenvalue weighted by molar-refractivity contribution is -0.0798. The molecular weight excluding hydrogens is 392 g/mol. The first-order valence-electron chi connectivity index (χ1n) is 6.69. The van der Waals surface area contributed by atoms with Crippen LogP contribution in [0.25, 0.3) is 10.9 Å². The molecule has 1 aromatic carbocycles. The molecule has 0 bridgehead atoms. The van der Waals surface area contributed by atoms with Gasteiger partial charge in [-0.1, -0.05) is 11.6 Å². The van der Waals surface area contributed by atoms with E-state index in [1.165, 1.54) is 6.20 Å². The number of hydrogen-bond acceptors (Lipinski definition) is 6. The molecule has 1 aromatic heterocycles. The lowest BCUT2D eigenvalue weighted by Gasteiger charge is -2.25.